The van der Waals surface area contributed by atoms with Gasteiger partial charge in [0.1, 0.15) is 0 Å². The van der Waals surface area contributed by atoms with E-state index in [1.54, 1.807) is 6.07 Å². The molecule has 0 aliphatic rings. The number of imidazole rings is 1. The maximum Gasteiger partial charge on any atom is 0.227 e. The highest BCUT2D eigenvalue weighted by atomic mass is 32.1. The first kappa shape index (κ1) is 17.4. The Hall–Kier alpha value is -2.47. The lowest BCUT2D eigenvalue weighted by atomic mass is 10.1. The van der Waals surface area contributed by atoms with E-state index >= 15 is 0 Å². The second-order valence-corrected chi connectivity index (χ2v) is 7.83. The van der Waals surface area contributed by atoms with Crippen LogP contribution in [-0.4, -0.2) is 21.2 Å². The van der Waals surface area contributed by atoms with Crippen molar-refractivity contribution < 1.29 is 9.59 Å². The summed E-state index contributed by atoms with van der Waals surface area (Å²) in [6.07, 6.45) is 0.339. The van der Waals surface area contributed by atoms with Crippen molar-refractivity contribution in [2.24, 2.45) is 0 Å². The van der Waals surface area contributed by atoms with Crippen LogP contribution in [-0.2, 0) is 10.3 Å². The summed E-state index contributed by atoms with van der Waals surface area (Å²) in [7, 11) is 0. The standard InChI is InChI=1S/C19H21N3O2S/c1-19(2,3)22-14-8-5-4-7-13(14)20-18(22)21-17(24)11-10-15(23)16-9-6-12-25-16/h4-9,12H,10-11H2,1-3H3,(H,20,21,24). The number of Topliss-reactive ketones (excluding diaryl/α,β-unsaturated/α-hetero) is 1. The molecule has 1 N–H and O–H groups in total. The van der Waals surface area contributed by atoms with Crippen LogP contribution in [0.1, 0.15) is 43.3 Å². The molecule has 0 aliphatic carbocycles. The fraction of sp³-hybridized carbons (Fsp3) is 0.316. The third-order valence-electron chi connectivity index (χ3n) is 3.86. The molecule has 2 aromatic heterocycles. The Balaban J connectivity index is 1.76. The van der Waals surface area contributed by atoms with Crippen molar-refractivity contribution >= 4 is 40.0 Å². The van der Waals surface area contributed by atoms with Crippen LogP contribution in [0.2, 0.25) is 0 Å². The minimum absolute atomic E-state index is 0.00512. The van der Waals surface area contributed by atoms with Gasteiger partial charge in [0, 0.05) is 18.4 Å². The van der Waals surface area contributed by atoms with E-state index in [1.165, 1.54) is 11.3 Å². The third kappa shape index (κ3) is 3.79. The highest BCUT2D eigenvalue weighted by Crippen LogP contribution is 2.28. The van der Waals surface area contributed by atoms with Gasteiger partial charge in [0.05, 0.1) is 15.9 Å². The molecule has 0 unspecified atom stereocenters. The van der Waals surface area contributed by atoms with Crippen LogP contribution in [0.25, 0.3) is 11.0 Å². The summed E-state index contributed by atoms with van der Waals surface area (Å²) in [5.41, 5.74) is 1.58. The molecule has 0 saturated heterocycles. The van der Waals surface area contributed by atoms with E-state index in [4.69, 9.17) is 0 Å². The summed E-state index contributed by atoms with van der Waals surface area (Å²) in [5, 5.41) is 4.73. The highest BCUT2D eigenvalue weighted by molar-refractivity contribution is 7.12. The number of benzene rings is 1. The first-order valence-electron chi connectivity index (χ1n) is 8.21. The maximum absolute atomic E-state index is 12.3. The van der Waals surface area contributed by atoms with Crippen molar-refractivity contribution in [3.63, 3.8) is 0 Å². The lowest BCUT2D eigenvalue weighted by molar-refractivity contribution is -0.116. The Morgan fingerprint density at radius 1 is 1.12 bits per heavy atom. The number of amides is 1. The average molecular weight is 355 g/mol. The Bertz CT molecular complexity index is 905. The fourth-order valence-corrected chi connectivity index (χ4v) is 3.46. The molecule has 0 bridgehead atoms. The topological polar surface area (TPSA) is 64.0 Å². The van der Waals surface area contributed by atoms with Gasteiger partial charge in [-0.2, -0.15) is 0 Å². The van der Waals surface area contributed by atoms with Crippen LogP contribution in [0, 0.1) is 0 Å². The van der Waals surface area contributed by atoms with E-state index in [0.717, 1.165) is 11.0 Å². The monoisotopic (exact) mass is 355 g/mol. The number of carbonyl (C=O) groups is 2. The number of hydrogen-bond donors (Lipinski definition) is 1. The number of aromatic nitrogens is 2. The molecule has 1 aromatic carbocycles. The number of hydrogen-bond acceptors (Lipinski definition) is 4. The minimum Gasteiger partial charge on any atom is -0.305 e. The average Bonchev–Trinajstić information content (AvgIpc) is 3.18. The van der Waals surface area contributed by atoms with Gasteiger partial charge in [-0.3, -0.25) is 14.9 Å². The predicted octanol–water partition coefficient (Wildman–Crippen LogP) is 4.45. The summed E-state index contributed by atoms with van der Waals surface area (Å²) in [6.45, 7) is 6.20. The van der Waals surface area contributed by atoms with E-state index in [1.807, 2.05) is 40.3 Å². The van der Waals surface area contributed by atoms with Crippen LogP contribution in [0.4, 0.5) is 5.95 Å². The van der Waals surface area contributed by atoms with Gasteiger partial charge in [0.15, 0.2) is 5.78 Å². The van der Waals surface area contributed by atoms with E-state index in [-0.39, 0.29) is 30.1 Å². The Kier molecular flexibility index (Phi) is 4.72. The van der Waals surface area contributed by atoms with Crippen molar-refractivity contribution in [2.75, 3.05) is 5.32 Å². The van der Waals surface area contributed by atoms with E-state index < -0.39 is 0 Å². The number of carbonyl (C=O) groups excluding carboxylic acids is 2. The molecule has 130 valence electrons. The molecule has 3 aromatic rings. The molecule has 0 atom stereocenters. The Morgan fingerprint density at radius 2 is 1.88 bits per heavy atom. The zero-order valence-electron chi connectivity index (χ0n) is 14.6. The SMILES string of the molecule is CC(C)(C)n1c(NC(=O)CCC(=O)c2cccs2)nc2ccccc21. The third-order valence-corrected chi connectivity index (χ3v) is 4.77. The number of rotatable bonds is 5. The van der Waals surface area contributed by atoms with Crippen molar-refractivity contribution in [3.8, 4) is 0 Å². The summed E-state index contributed by atoms with van der Waals surface area (Å²) in [6, 6.07) is 11.4. The molecule has 6 heteroatoms. The largest absolute Gasteiger partial charge is 0.305 e. The van der Waals surface area contributed by atoms with Crippen molar-refractivity contribution in [3.05, 3.63) is 46.7 Å². The molecule has 0 aliphatic heterocycles. The van der Waals surface area contributed by atoms with Gasteiger partial charge in [-0.05, 0) is 44.4 Å². The zero-order valence-corrected chi connectivity index (χ0v) is 15.4. The van der Waals surface area contributed by atoms with Gasteiger partial charge in [0.25, 0.3) is 0 Å². The summed E-state index contributed by atoms with van der Waals surface area (Å²) < 4.78 is 2.02. The molecule has 0 fully saturated rings. The van der Waals surface area contributed by atoms with E-state index in [9.17, 15) is 9.59 Å². The van der Waals surface area contributed by atoms with Gasteiger partial charge >= 0.3 is 0 Å². The second kappa shape index (κ2) is 6.80. The minimum atomic E-state index is -0.231. The van der Waals surface area contributed by atoms with Crippen LogP contribution in [0.5, 0.6) is 0 Å². The molecular weight excluding hydrogens is 334 g/mol. The molecule has 0 saturated carbocycles. The van der Waals surface area contributed by atoms with Gasteiger partial charge < -0.3 is 4.57 Å². The van der Waals surface area contributed by atoms with Crippen molar-refractivity contribution in [2.45, 2.75) is 39.2 Å². The summed E-state index contributed by atoms with van der Waals surface area (Å²) >= 11 is 1.40. The second-order valence-electron chi connectivity index (χ2n) is 6.88. The van der Waals surface area contributed by atoms with Crippen molar-refractivity contribution in [1.29, 1.82) is 0 Å². The number of thiophene rings is 1. The van der Waals surface area contributed by atoms with Crippen LogP contribution in [0.3, 0.4) is 0 Å². The number of ketones is 1. The van der Waals surface area contributed by atoms with Gasteiger partial charge in [0.2, 0.25) is 11.9 Å². The molecule has 0 spiro atoms. The smallest absolute Gasteiger partial charge is 0.227 e. The van der Waals surface area contributed by atoms with E-state index in [0.29, 0.717) is 10.8 Å². The lowest BCUT2D eigenvalue weighted by Crippen LogP contribution is -2.26. The first-order chi connectivity index (χ1) is 11.9. The number of nitrogens with one attached hydrogen (secondary N) is 1. The maximum atomic E-state index is 12.3. The molecule has 0 radical (unpaired) electrons. The van der Waals surface area contributed by atoms with Gasteiger partial charge in [-0.15, -0.1) is 11.3 Å². The predicted molar refractivity (Wildman–Crippen MR) is 101 cm³/mol. The number of fused-ring (bicyclic) bond motifs is 1. The highest BCUT2D eigenvalue weighted by Gasteiger charge is 2.22. The summed E-state index contributed by atoms with van der Waals surface area (Å²) in [5.74, 6) is 0.308. The van der Waals surface area contributed by atoms with Gasteiger partial charge in [-0.1, -0.05) is 18.2 Å². The van der Waals surface area contributed by atoms with Crippen LogP contribution >= 0.6 is 11.3 Å². The number of para-hydroxylation sites is 2. The van der Waals surface area contributed by atoms with Crippen molar-refractivity contribution in [1.82, 2.24) is 9.55 Å². The number of nitrogens with zero attached hydrogens (tertiary/aromatic N) is 2. The molecule has 1 amide bonds. The Labute approximate surface area is 150 Å². The van der Waals surface area contributed by atoms with Gasteiger partial charge in [-0.25, -0.2) is 4.98 Å². The normalized spacial score (nSPS) is 11.6. The molecular formula is C19H21N3O2S. The molecule has 5 nitrogen and oxygen atoms in total. The Morgan fingerprint density at radius 3 is 2.56 bits per heavy atom. The lowest BCUT2D eigenvalue weighted by Gasteiger charge is -2.24. The molecule has 3 rings (SSSR count). The zero-order chi connectivity index (χ0) is 18.0. The fourth-order valence-electron chi connectivity index (χ4n) is 2.76. The summed E-state index contributed by atoms with van der Waals surface area (Å²) in [4.78, 5) is 29.6. The number of anilines is 1. The quantitative estimate of drug-likeness (QED) is 0.688. The van der Waals surface area contributed by atoms with E-state index in [2.05, 4.69) is 31.1 Å². The molecule has 2 heterocycles. The van der Waals surface area contributed by atoms with Crippen LogP contribution in [0.15, 0.2) is 41.8 Å². The molecule has 25 heavy (non-hydrogen) atoms. The first-order valence-corrected chi connectivity index (χ1v) is 9.09. The van der Waals surface area contributed by atoms with Crippen LogP contribution < -0.4 is 5.32 Å².